The zero-order valence-electron chi connectivity index (χ0n) is 33.0. The number of para-hydroxylation sites is 4. The second-order valence-electron chi connectivity index (χ2n) is 17.2. The molecule has 9 aromatic rings. The third-order valence-electron chi connectivity index (χ3n) is 12.9. The number of nitrogens with zero attached hydrogens (tertiary/aromatic N) is 2. The van der Waals surface area contributed by atoms with E-state index in [0.29, 0.717) is 0 Å². The van der Waals surface area contributed by atoms with Crippen LogP contribution in [0.15, 0.2) is 170 Å². The maximum absolute atomic E-state index is 7.26. The molecule has 13 rings (SSSR count). The third-order valence-corrected chi connectivity index (χ3v) is 12.9. The molecule has 0 bridgehead atoms. The predicted octanol–water partition coefficient (Wildman–Crippen LogP) is 12.9. The normalized spacial score (nSPS) is 13.8. The lowest BCUT2D eigenvalue weighted by Gasteiger charge is -2.40. The van der Waals surface area contributed by atoms with Gasteiger partial charge in [-0.3, -0.25) is 0 Å². The molecule has 59 heavy (non-hydrogen) atoms. The van der Waals surface area contributed by atoms with E-state index in [1.807, 2.05) is 0 Å². The minimum Gasteiger partial charge on any atom is -0.458 e. The molecule has 0 atom stereocenters. The zero-order valence-corrected chi connectivity index (χ0v) is 33.0. The maximum atomic E-state index is 7.26. The zero-order chi connectivity index (χ0) is 39.1. The van der Waals surface area contributed by atoms with Gasteiger partial charge in [0.05, 0.1) is 22.7 Å². The van der Waals surface area contributed by atoms with Crippen molar-refractivity contribution in [2.75, 3.05) is 9.80 Å². The summed E-state index contributed by atoms with van der Waals surface area (Å²) in [5.41, 5.74) is 16.2. The minimum atomic E-state index is -0.153. The van der Waals surface area contributed by atoms with E-state index in [9.17, 15) is 0 Å². The van der Waals surface area contributed by atoms with Gasteiger partial charge in [-0.2, -0.15) is 0 Å². The molecular weight excluding hydrogens is 719 g/mol. The first-order valence-electron chi connectivity index (χ1n) is 20.5. The fraction of sp³-hybridized carbons (Fsp3) is 0.0741. The highest BCUT2D eigenvalue weighted by Gasteiger charge is 2.45. The summed E-state index contributed by atoms with van der Waals surface area (Å²) >= 11 is 0. The van der Waals surface area contributed by atoms with Gasteiger partial charge in [-0.15, -0.1) is 0 Å². The van der Waals surface area contributed by atoms with Gasteiger partial charge in [-0.1, -0.05) is 130 Å². The second kappa shape index (κ2) is 11.7. The average Bonchev–Trinajstić information content (AvgIpc) is 3.26. The first-order chi connectivity index (χ1) is 28.9. The van der Waals surface area contributed by atoms with Gasteiger partial charge in [0.1, 0.15) is 23.0 Å². The van der Waals surface area contributed by atoms with E-state index in [1.165, 1.54) is 60.3 Å². The van der Waals surface area contributed by atoms with Gasteiger partial charge in [0, 0.05) is 50.9 Å². The quantitative estimate of drug-likeness (QED) is 0.164. The van der Waals surface area contributed by atoms with E-state index in [2.05, 4.69) is 200 Å². The molecule has 4 heterocycles. The average molecular weight is 757 g/mol. The number of rotatable bonds is 2. The predicted molar refractivity (Wildman–Crippen MR) is 245 cm³/mol. The molecule has 0 spiro atoms. The van der Waals surface area contributed by atoms with Crippen molar-refractivity contribution in [2.24, 2.45) is 0 Å². The van der Waals surface area contributed by atoms with Gasteiger partial charge in [0.25, 0.3) is 6.71 Å². The molecule has 0 aliphatic carbocycles. The highest BCUT2D eigenvalue weighted by atomic mass is 16.5. The van der Waals surface area contributed by atoms with Crippen LogP contribution in [0.4, 0.5) is 34.1 Å². The molecule has 0 saturated carbocycles. The summed E-state index contributed by atoms with van der Waals surface area (Å²) in [5.74, 6) is 3.48. The molecule has 4 aliphatic heterocycles. The van der Waals surface area contributed by atoms with Crippen molar-refractivity contribution in [2.45, 2.75) is 26.2 Å². The summed E-state index contributed by atoms with van der Waals surface area (Å²) in [5, 5.41) is 4.84. The van der Waals surface area contributed by atoms with Crippen molar-refractivity contribution in [3.8, 4) is 45.3 Å². The fourth-order valence-corrected chi connectivity index (χ4v) is 10.4. The van der Waals surface area contributed by atoms with Gasteiger partial charge in [0.2, 0.25) is 0 Å². The Morgan fingerprint density at radius 3 is 1.25 bits per heavy atom. The van der Waals surface area contributed by atoms with Crippen LogP contribution in [0.25, 0.3) is 43.8 Å². The second-order valence-corrected chi connectivity index (χ2v) is 17.2. The highest BCUT2D eigenvalue weighted by Crippen LogP contribution is 2.55. The molecule has 9 aromatic carbocycles. The molecule has 0 fully saturated rings. The van der Waals surface area contributed by atoms with Gasteiger partial charge < -0.3 is 19.3 Å². The Balaban J connectivity index is 1.16. The minimum absolute atomic E-state index is 0.134. The van der Waals surface area contributed by atoms with Crippen LogP contribution in [-0.2, 0) is 5.41 Å². The summed E-state index contributed by atoms with van der Waals surface area (Å²) in [7, 11) is 0. The SMILES string of the molecule is CC(C)(C)c1cc2c3c(c1)Oc1cc4c5c(cccc5c1B3c1c(cc3c5c(cccc15)-c1ccccc1N3c1ccccc1)O2)-c1ccccc1N4c1ccccc1. The monoisotopic (exact) mass is 756 g/mol. The lowest BCUT2D eigenvalue weighted by Crippen LogP contribution is -2.58. The van der Waals surface area contributed by atoms with Crippen LogP contribution < -0.4 is 35.7 Å². The van der Waals surface area contributed by atoms with E-state index in [4.69, 9.17) is 9.47 Å². The summed E-state index contributed by atoms with van der Waals surface area (Å²) in [6.07, 6.45) is 0. The summed E-state index contributed by atoms with van der Waals surface area (Å²) in [6.45, 7) is 6.62. The number of benzene rings is 9. The molecule has 0 saturated heterocycles. The van der Waals surface area contributed by atoms with E-state index < -0.39 is 0 Å². The van der Waals surface area contributed by atoms with Crippen LogP contribution in [-0.4, -0.2) is 6.71 Å². The molecule has 0 amide bonds. The van der Waals surface area contributed by atoms with E-state index in [1.54, 1.807) is 0 Å². The molecule has 278 valence electrons. The van der Waals surface area contributed by atoms with Crippen molar-refractivity contribution in [1.82, 2.24) is 0 Å². The molecule has 0 radical (unpaired) electrons. The van der Waals surface area contributed by atoms with Crippen LogP contribution in [0.2, 0.25) is 0 Å². The topological polar surface area (TPSA) is 24.9 Å². The number of hydrogen-bond donors (Lipinski definition) is 0. The van der Waals surface area contributed by atoms with Crippen molar-refractivity contribution >= 4 is 78.8 Å². The Morgan fingerprint density at radius 2 is 0.797 bits per heavy atom. The Bertz CT molecular complexity index is 3070. The third kappa shape index (κ3) is 4.45. The molecule has 4 nitrogen and oxygen atoms in total. The maximum Gasteiger partial charge on any atom is 0.262 e. The molecular formula is C54H37BN2O2. The summed E-state index contributed by atoms with van der Waals surface area (Å²) < 4.78 is 14.5. The van der Waals surface area contributed by atoms with E-state index in [0.717, 1.165) is 62.6 Å². The first kappa shape index (κ1) is 32.8. The number of ether oxygens (including phenoxy) is 2. The van der Waals surface area contributed by atoms with Crippen LogP contribution in [0.5, 0.6) is 23.0 Å². The number of hydrogen-bond acceptors (Lipinski definition) is 4. The standard InChI is InChI=1S/C54H37BN2O2/c1-54(2,3)32-28-45-53-46(29-32)59-48-31-44-50-38(36-21-11-13-27-42(36)57(44)34-18-8-5-9-19-34)23-15-25-40(50)52(48)55(53)51-39-24-14-22-37-35-20-10-12-26-41(35)56(33-16-6-4-7-17-33)43(49(37)39)30-47(51)58-45/h4-31H,1-3H3. The molecule has 5 heteroatoms. The lowest BCUT2D eigenvalue weighted by molar-refractivity contribution is 0.459. The van der Waals surface area contributed by atoms with Crippen LogP contribution >= 0.6 is 0 Å². The van der Waals surface area contributed by atoms with E-state index in [-0.39, 0.29) is 12.1 Å². The van der Waals surface area contributed by atoms with Crippen molar-refractivity contribution < 1.29 is 9.47 Å². The molecule has 0 aromatic heterocycles. The molecule has 0 N–H and O–H groups in total. The largest absolute Gasteiger partial charge is 0.458 e. The number of fused-ring (bicyclic) bond motifs is 10. The van der Waals surface area contributed by atoms with Crippen molar-refractivity contribution in [3.63, 3.8) is 0 Å². The molecule has 0 unspecified atom stereocenters. The van der Waals surface area contributed by atoms with Crippen LogP contribution in [0.3, 0.4) is 0 Å². The first-order valence-corrected chi connectivity index (χ1v) is 20.5. The van der Waals surface area contributed by atoms with Gasteiger partial charge in [-0.25, -0.2) is 0 Å². The summed E-state index contributed by atoms with van der Waals surface area (Å²) in [6, 6.07) is 61.8. The Morgan fingerprint density at radius 1 is 0.390 bits per heavy atom. The Labute approximate surface area is 343 Å². The summed E-state index contributed by atoms with van der Waals surface area (Å²) in [4.78, 5) is 4.82. The van der Waals surface area contributed by atoms with E-state index >= 15 is 0 Å². The highest BCUT2D eigenvalue weighted by molar-refractivity contribution is 7.01. The Hall–Kier alpha value is -7.24. The fourth-order valence-electron chi connectivity index (χ4n) is 10.4. The van der Waals surface area contributed by atoms with Crippen LogP contribution in [0.1, 0.15) is 26.3 Å². The van der Waals surface area contributed by atoms with Gasteiger partial charge in [-0.05, 0) is 92.3 Å². The van der Waals surface area contributed by atoms with Gasteiger partial charge >= 0.3 is 0 Å². The number of anilines is 6. The van der Waals surface area contributed by atoms with Crippen LogP contribution in [0, 0.1) is 0 Å². The van der Waals surface area contributed by atoms with Crippen molar-refractivity contribution in [1.29, 1.82) is 0 Å². The molecule has 4 aliphatic rings. The lowest BCUT2D eigenvalue weighted by atomic mass is 9.33. The Kier molecular flexibility index (Phi) is 6.49. The smallest absolute Gasteiger partial charge is 0.262 e. The van der Waals surface area contributed by atoms with Gasteiger partial charge in [0.15, 0.2) is 0 Å². The van der Waals surface area contributed by atoms with Crippen molar-refractivity contribution in [3.05, 3.63) is 175 Å².